The Hall–Kier alpha value is -3.42. The molecule has 0 bridgehead atoms. The smallest absolute Gasteiger partial charge is 0.249 e. The van der Waals surface area contributed by atoms with Crippen LogP contribution in [0.1, 0.15) is 16.9 Å². The van der Waals surface area contributed by atoms with Crippen LogP contribution < -0.4 is 0 Å². The van der Waals surface area contributed by atoms with Gasteiger partial charge in [0.2, 0.25) is 11.8 Å². The maximum Gasteiger partial charge on any atom is 0.249 e. The average molecular weight is 465 g/mol. The maximum absolute atomic E-state index is 13.3. The first kappa shape index (κ1) is 25.2. The number of rotatable bonds is 14. The van der Waals surface area contributed by atoms with Crippen molar-refractivity contribution in [3.05, 3.63) is 95.9 Å². The molecule has 2 aromatic carbocycles. The number of ether oxygens (including phenoxy) is 2. The van der Waals surface area contributed by atoms with Crippen LogP contribution >= 0.6 is 0 Å². The highest BCUT2D eigenvalue weighted by molar-refractivity contribution is 5.85. The highest BCUT2D eigenvalue weighted by Crippen LogP contribution is 2.10. The van der Waals surface area contributed by atoms with Crippen LogP contribution in [0.3, 0.4) is 0 Å². The van der Waals surface area contributed by atoms with Crippen LogP contribution in [0.4, 0.5) is 0 Å². The van der Waals surface area contributed by atoms with E-state index in [2.05, 4.69) is 0 Å². The largest absolute Gasteiger partial charge is 0.467 e. The molecule has 1 heterocycles. The zero-order valence-electron chi connectivity index (χ0n) is 19.6. The SMILES string of the molecule is COCCN(CC(=O)N(CCc1ccccc1)Cc1ccco1)C(=O)COCc1ccccc1. The lowest BCUT2D eigenvalue weighted by Gasteiger charge is -2.27. The zero-order chi connectivity index (χ0) is 24.0. The first-order chi connectivity index (χ1) is 16.7. The second-order valence-corrected chi connectivity index (χ2v) is 7.92. The molecule has 34 heavy (non-hydrogen) atoms. The van der Waals surface area contributed by atoms with E-state index in [1.165, 1.54) is 4.90 Å². The summed E-state index contributed by atoms with van der Waals surface area (Å²) in [4.78, 5) is 29.3. The third kappa shape index (κ3) is 8.50. The molecule has 0 aliphatic carbocycles. The lowest BCUT2D eigenvalue weighted by Crippen LogP contribution is -2.45. The summed E-state index contributed by atoms with van der Waals surface area (Å²) < 4.78 is 16.2. The predicted molar refractivity (Wildman–Crippen MR) is 129 cm³/mol. The summed E-state index contributed by atoms with van der Waals surface area (Å²) in [6.45, 7) is 1.68. The van der Waals surface area contributed by atoms with Crippen molar-refractivity contribution < 1.29 is 23.5 Å². The quantitative estimate of drug-likeness (QED) is 0.365. The van der Waals surface area contributed by atoms with Gasteiger partial charge in [0.25, 0.3) is 0 Å². The van der Waals surface area contributed by atoms with Crippen molar-refractivity contribution in [3.63, 3.8) is 0 Å². The number of carbonyl (C=O) groups excluding carboxylic acids is 2. The van der Waals surface area contributed by atoms with Crippen molar-refractivity contribution >= 4 is 11.8 Å². The summed E-state index contributed by atoms with van der Waals surface area (Å²) in [6, 6.07) is 23.3. The Kier molecular flexibility index (Phi) is 10.4. The average Bonchev–Trinajstić information content (AvgIpc) is 3.38. The van der Waals surface area contributed by atoms with Gasteiger partial charge >= 0.3 is 0 Å². The van der Waals surface area contributed by atoms with Gasteiger partial charge in [-0.05, 0) is 29.7 Å². The van der Waals surface area contributed by atoms with Crippen molar-refractivity contribution in [2.75, 3.05) is 40.0 Å². The van der Waals surface area contributed by atoms with Crippen LogP contribution in [-0.4, -0.2) is 61.6 Å². The Morgan fingerprint density at radius 2 is 1.53 bits per heavy atom. The first-order valence-corrected chi connectivity index (χ1v) is 11.4. The molecule has 2 amide bonds. The van der Waals surface area contributed by atoms with E-state index in [0.717, 1.165) is 11.1 Å². The molecule has 0 unspecified atom stereocenters. The van der Waals surface area contributed by atoms with Crippen molar-refractivity contribution in [1.29, 1.82) is 0 Å². The molecule has 7 heteroatoms. The van der Waals surface area contributed by atoms with Gasteiger partial charge in [0.1, 0.15) is 12.4 Å². The molecule has 0 saturated carbocycles. The standard InChI is InChI=1S/C27H32N2O5/c1-32-18-16-29(27(31)22-33-21-24-11-6-3-7-12-24)20-26(30)28(19-25-13-8-17-34-25)15-14-23-9-4-2-5-10-23/h2-13,17H,14-16,18-22H2,1H3. The Morgan fingerprint density at radius 3 is 2.18 bits per heavy atom. The van der Waals surface area contributed by atoms with Crippen LogP contribution in [0.15, 0.2) is 83.5 Å². The van der Waals surface area contributed by atoms with Gasteiger partial charge in [0.15, 0.2) is 0 Å². The summed E-state index contributed by atoms with van der Waals surface area (Å²) >= 11 is 0. The second-order valence-electron chi connectivity index (χ2n) is 7.92. The van der Waals surface area contributed by atoms with Gasteiger partial charge in [-0.2, -0.15) is 0 Å². The van der Waals surface area contributed by atoms with Crippen molar-refractivity contribution in [2.24, 2.45) is 0 Å². The van der Waals surface area contributed by atoms with Gasteiger partial charge in [-0.15, -0.1) is 0 Å². The molecule has 0 aliphatic heterocycles. The summed E-state index contributed by atoms with van der Waals surface area (Å²) in [5.74, 6) is 0.296. The van der Waals surface area contributed by atoms with E-state index in [-0.39, 0.29) is 25.0 Å². The lowest BCUT2D eigenvalue weighted by molar-refractivity contribution is -0.144. The highest BCUT2D eigenvalue weighted by Gasteiger charge is 2.22. The minimum atomic E-state index is -0.248. The van der Waals surface area contributed by atoms with Gasteiger partial charge in [-0.3, -0.25) is 9.59 Å². The summed E-state index contributed by atoms with van der Waals surface area (Å²) in [5.41, 5.74) is 2.13. The molecule has 0 radical (unpaired) electrons. The van der Waals surface area contributed by atoms with E-state index in [9.17, 15) is 9.59 Å². The number of hydrogen-bond acceptors (Lipinski definition) is 5. The minimum Gasteiger partial charge on any atom is -0.467 e. The van der Waals surface area contributed by atoms with E-state index in [4.69, 9.17) is 13.9 Å². The summed E-state index contributed by atoms with van der Waals surface area (Å²) in [6.07, 6.45) is 2.30. The Bertz CT molecular complexity index is 977. The molecule has 3 aromatic rings. The highest BCUT2D eigenvalue weighted by atomic mass is 16.5. The molecule has 0 atom stereocenters. The number of methoxy groups -OCH3 is 1. The van der Waals surface area contributed by atoms with Gasteiger partial charge in [-0.25, -0.2) is 0 Å². The fourth-order valence-electron chi connectivity index (χ4n) is 3.47. The number of nitrogens with zero attached hydrogens (tertiary/aromatic N) is 2. The molecular formula is C27H32N2O5. The van der Waals surface area contributed by atoms with Crippen molar-refractivity contribution in [1.82, 2.24) is 9.80 Å². The molecule has 0 aliphatic rings. The van der Waals surface area contributed by atoms with Gasteiger partial charge in [0, 0.05) is 20.2 Å². The maximum atomic E-state index is 13.3. The summed E-state index contributed by atoms with van der Waals surface area (Å²) in [7, 11) is 1.57. The Labute approximate surface area is 200 Å². The number of amides is 2. The molecule has 0 saturated heterocycles. The van der Waals surface area contributed by atoms with Crippen LogP contribution in [-0.2, 0) is 38.6 Å². The molecule has 0 fully saturated rings. The van der Waals surface area contributed by atoms with E-state index in [0.29, 0.717) is 45.0 Å². The monoisotopic (exact) mass is 464 g/mol. The fourth-order valence-corrected chi connectivity index (χ4v) is 3.47. The lowest BCUT2D eigenvalue weighted by atomic mass is 10.1. The molecule has 3 rings (SSSR count). The van der Waals surface area contributed by atoms with E-state index in [1.54, 1.807) is 24.3 Å². The van der Waals surface area contributed by atoms with E-state index < -0.39 is 0 Å². The van der Waals surface area contributed by atoms with Crippen molar-refractivity contribution in [2.45, 2.75) is 19.6 Å². The fraction of sp³-hybridized carbons (Fsp3) is 0.333. The summed E-state index contributed by atoms with van der Waals surface area (Å²) in [5, 5.41) is 0. The minimum absolute atomic E-state index is 0.0492. The number of carbonyl (C=O) groups is 2. The topological polar surface area (TPSA) is 72.2 Å². The molecule has 7 nitrogen and oxygen atoms in total. The Balaban J connectivity index is 1.60. The molecule has 1 aromatic heterocycles. The van der Waals surface area contributed by atoms with Crippen LogP contribution in [0.2, 0.25) is 0 Å². The molecule has 0 spiro atoms. The van der Waals surface area contributed by atoms with E-state index >= 15 is 0 Å². The van der Waals surface area contributed by atoms with Gasteiger partial charge in [0.05, 0.1) is 32.6 Å². The van der Waals surface area contributed by atoms with E-state index in [1.807, 2.05) is 66.7 Å². The van der Waals surface area contributed by atoms with Crippen molar-refractivity contribution in [3.8, 4) is 0 Å². The molecular weight excluding hydrogens is 432 g/mol. The number of hydrogen-bond donors (Lipinski definition) is 0. The zero-order valence-corrected chi connectivity index (χ0v) is 19.6. The van der Waals surface area contributed by atoms with Crippen LogP contribution in [0.25, 0.3) is 0 Å². The third-order valence-electron chi connectivity index (χ3n) is 5.37. The number of furan rings is 1. The van der Waals surface area contributed by atoms with Crippen LogP contribution in [0.5, 0.6) is 0 Å². The van der Waals surface area contributed by atoms with Gasteiger partial charge in [-0.1, -0.05) is 60.7 Å². The molecule has 0 N–H and O–H groups in total. The second kappa shape index (κ2) is 14.0. The number of benzene rings is 2. The first-order valence-electron chi connectivity index (χ1n) is 11.4. The van der Waals surface area contributed by atoms with Crippen LogP contribution in [0, 0.1) is 0 Å². The Morgan fingerprint density at radius 1 is 0.824 bits per heavy atom. The predicted octanol–water partition coefficient (Wildman–Crippen LogP) is 3.54. The van der Waals surface area contributed by atoms with Gasteiger partial charge < -0.3 is 23.7 Å². The third-order valence-corrected chi connectivity index (χ3v) is 5.37. The normalized spacial score (nSPS) is 10.7. The molecule has 180 valence electrons.